The maximum Gasteiger partial charge on any atom is 0.253 e. The molecular formula is C21H26N6O. The first kappa shape index (κ1) is 18.4. The van der Waals surface area contributed by atoms with Gasteiger partial charge in [0.1, 0.15) is 5.69 Å². The Morgan fingerprint density at radius 1 is 1.39 bits per heavy atom. The fourth-order valence-electron chi connectivity index (χ4n) is 3.73. The summed E-state index contributed by atoms with van der Waals surface area (Å²) in [5, 5.41) is 7.72. The molecule has 2 N–H and O–H groups in total. The van der Waals surface area contributed by atoms with E-state index < -0.39 is 0 Å². The summed E-state index contributed by atoms with van der Waals surface area (Å²) in [5.41, 5.74) is 6.26. The van der Waals surface area contributed by atoms with Crippen molar-refractivity contribution in [1.29, 1.82) is 0 Å². The lowest BCUT2D eigenvalue weighted by Crippen LogP contribution is -2.27. The average molecular weight is 378 g/mol. The Kier molecular flexibility index (Phi) is 4.33. The summed E-state index contributed by atoms with van der Waals surface area (Å²) in [7, 11) is 1.73. The van der Waals surface area contributed by atoms with Gasteiger partial charge in [0.05, 0.1) is 17.4 Å². The Bertz CT molecular complexity index is 1070. The maximum atomic E-state index is 12.4. The summed E-state index contributed by atoms with van der Waals surface area (Å²) in [6.07, 6.45) is 5.39. The minimum atomic E-state index is -0.104. The molecule has 0 spiro atoms. The van der Waals surface area contributed by atoms with Crippen molar-refractivity contribution in [1.82, 2.24) is 25.1 Å². The molecule has 1 aliphatic rings. The first-order valence-corrected chi connectivity index (χ1v) is 9.67. The molecule has 7 nitrogen and oxygen atoms in total. The molecule has 0 bridgehead atoms. The molecule has 0 atom stereocenters. The Morgan fingerprint density at radius 3 is 2.93 bits per heavy atom. The number of H-pyrrole nitrogens is 2. The number of pyridine rings is 1. The number of anilines is 1. The first-order valence-electron chi connectivity index (χ1n) is 9.67. The van der Waals surface area contributed by atoms with E-state index in [4.69, 9.17) is 0 Å². The average Bonchev–Trinajstić information content (AvgIpc) is 3.27. The molecule has 3 aromatic rings. The highest BCUT2D eigenvalue weighted by molar-refractivity contribution is 6.05. The van der Waals surface area contributed by atoms with Crippen LogP contribution < -0.4 is 4.90 Å². The van der Waals surface area contributed by atoms with E-state index >= 15 is 0 Å². The van der Waals surface area contributed by atoms with Gasteiger partial charge in [-0.2, -0.15) is 5.10 Å². The molecule has 1 amide bonds. The molecular weight excluding hydrogens is 352 g/mol. The second-order valence-corrected chi connectivity index (χ2v) is 8.34. The number of imidazole rings is 1. The zero-order valence-corrected chi connectivity index (χ0v) is 16.9. The fraction of sp³-hybridized carbons (Fsp3) is 0.429. The van der Waals surface area contributed by atoms with Crippen LogP contribution in [0.4, 0.5) is 5.69 Å². The molecule has 0 radical (unpaired) electrons. The van der Waals surface area contributed by atoms with E-state index in [0.717, 1.165) is 30.5 Å². The third-order valence-electron chi connectivity index (χ3n) is 5.63. The van der Waals surface area contributed by atoms with Gasteiger partial charge in [-0.15, -0.1) is 0 Å². The van der Waals surface area contributed by atoms with E-state index in [-0.39, 0.29) is 5.91 Å². The number of rotatable bonds is 4. The number of aromatic amines is 2. The van der Waals surface area contributed by atoms with Gasteiger partial charge in [-0.3, -0.25) is 9.89 Å². The molecule has 146 valence electrons. The minimum absolute atomic E-state index is 0.104. The molecule has 0 unspecified atom stereocenters. The van der Waals surface area contributed by atoms with E-state index in [2.05, 4.69) is 45.6 Å². The third kappa shape index (κ3) is 3.10. The number of aromatic nitrogens is 5. The van der Waals surface area contributed by atoms with Crippen molar-refractivity contribution in [2.75, 3.05) is 11.9 Å². The second kappa shape index (κ2) is 6.58. The van der Waals surface area contributed by atoms with Crippen molar-refractivity contribution < 1.29 is 4.79 Å². The summed E-state index contributed by atoms with van der Waals surface area (Å²) in [5.74, 6) is 0.608. The Morgan fingerprint density at radius 2 is 2.18 bits per heavy atom. The molecule has 1 aliphatic carbocycles. The summed E-state index contributed by atoms with van der Waals surface area (Å²) < 4.78 is 0. The second-order valence-electron chi connectivity index (χ2n) is 8.34. The lowest BCUT2D eigenvalue weighted by Gasteiger charge is -2.28. The number of amides is 1. The number of carbonyl (C=O) groups is 1. The van der Waals surface area contributed by atoms with Crippen LogP contribution in [0, 0.1) is 5.41 Å². The van der Waals surface area contributed by atoms with E-state index in [1.807, 2.05) is 13.0 Å². The van der Waals surface area contributed by atoms with Crippen LogP contribution in [-0.4, -0.2) is 38.1 Å². The summed E-state index contributed by atoms with van der Waals surface area (Å²) in [6.45, 7) is 10.3. The van der Waals surface area contributed by atoms with Gasteiger partial charge in [-0.05, 0) is 37.2 Å². The standard InChI is InChI=1S/C21H26N6O/c1-6-12(2)20(28)27(5)13-9-15-18(22-11-13)24-19(23-15)17-14-7-8-21(3,4)10-16(14)25-26-17/h9,11H,2,6-8,10H2,1,3-5H3,(H,25,26)(H,22,23,24). The van der Waals surface area contributed by atoms with Crippen LogP contribution in [0.5, 0.6) is 0 Å². The SMILES string of the molecule is C=C(CC)C(=O)N(C)c1cnc2nc(-c3n[nH]c4c3CCC(C)(C)C4)[nH]c2c1. The smallest absolute Gasteiger partial charge is 0.253 e. The Hall–Kier alpha value is -2.96. The third-order valence-corrected chi connectivity index (χ3v) is 5.63. The van der Waals surface area contributed by atoms with Crippen molar-refractivity contribution >= 4 is 22.8 Å². The van der Waals surface area contributed by atoms with Gasteiger partial charge in [-0.1, -0.05) is 27.4 Å². The fourth-order valence-corrected chi connectivity index (χ4v) is 3.73. The highest BCUT2D eigenvalue weighted by atomic mass is 16.2. The number of hydrogen-bond acceptors (Lipinski definition) is 4. The molecule has 28 heavy (non-hydrogen) atoms. The lowest BCUT2D eigenvalue weighted by atomic mass is 9.76. The van der Waals surface area contributed by atoms with Crippen LogP contribution in [0.25, 0.3) is 22.7 Å². The highest BCUT2D eigenvalue weighted by Gasteiger charge is 2.30. The lowest BCUT2D eigenvalue weighted by molar-refractivity contribution is -0.114. The van der Waals surface area contributed by atoms with Crippen LogP contribution >= 0.6 is 0 Å². The highest BCUT2D eigenvalue weighted by Crippen LogP contribution is 2.37. The number of fused-ring (bicyclic) bond motifs is 2. The molecule has 4 rings (SSSR count). The van der Waals surface area contributed by atoms with Gasteiger partial charge in [0, 0.05) is 23.9 Å². The molecule has 0 fully saturated rings. The largest absolute Gasteiger partial charge is 0.335 e. The number of hydrogen-bond donors (Lipinski definition) is 2. The first-order chi connectivity index (χ1) is 13.3. The van der Waals surface area contributed by atoms with Crippen molar-refractivity contribution in [3.63, 3.8) is 0 Å². The number of likely N-dealkylation sites (N-methyl/N-ethyl adjacent to an activating group) is 1. The Balaban J connectivity index is 1.68. The minimum Gasteiger partial charge on any atom is -0.335 e. The van der Waals surface area contributed by atoms with Gasteiger partial charge >= 0.3 is 0 Å². The van der Waals surface area contributed by atoms with Crippen molar-refractivity contribution in [2.24, 2.45) is 5.41 Å². The van der Waals surface area contributed by atoms with Crippen LogP contribution in [0.1, 0.15) is 44.9 Å². The normalized spacial score (nSPS) is 15.4. The van der Waals surface area contributed by atoms with Crippen LogP contribution in [0.15, 0.2) is 24.4 Å². The van der Waals surface area contributed by atoms with Gasteiger partial charge in [0.2, 0.25) is 0 Å². The summed E-state index contributed by atoms with van der Waals surface area (Å²) >= 11 is 0. The topological polar surface area (TPSA) is 90.6 Å². The van der Waals surface area contributed by atoms with Crippen molar-refractivity contribution in [2.45, 2.75) is 46.5 Å². The van der Waals surface area contributed by atoms with Gasteiger partial charge in [0.25, 0.3) is 5.91 Å². The monoisotopic (exact) mass is 378 g/mol. The number of nitrogens with one attached hydrogen (secondary N) is 2. The summed E-state index contributed by atoms with van der Waals surface area (Å²) in [4.78, 5) is 26.3. The van der Waals surface area contributed by atoms with Crippen LogP contribution in [0.3, 0.4) is 0 Å². The van der Waals surface area contributed by atoms with E-state index in [0.29, 0.717) is 34.6 Å². The van der Waals surface area contributed by atoms with Crippen molar-refractivity contribution in [3.05, 3.63) is 35.7 Å². The van der Waals surface area contributed by atoms with Gasteiger partial charge in [-0.25, -0.2) is 9.97 Å². The van der Waals surface area contributed by atoms with E-state index in [9.17, 15) is 4.79 Å². The maximum absolute atomic E-state index is 12.4. The molecule has 3 heterocycles. The predicted molar refractivity (Wildman–Crippen MR) is 110 cm³/mol. The number of carbonyl (C=O) groups excluding carboxylic acids is 1. The zero-order valence-electron chi connectivity index (χ0n) is 16.9. The van der Waals surface area contributed by atoms with E-state index in [1.165, 1.54) is 11.3 Å². The zero-order chi connectivity index (χ0) is 20.1. The molecule has 0 aliphatic heterocycles. The number of nitrogens with zero attached hydrogens (tertiary/aromatic N) is 4. The molecule has 3 aromatic heterocycles. The van der Waals surface area contributed by atoms with Crippen molar-refractivity contribution in [3.8, 4) is 11.5 Å². The quantitative estimate of drug-likeness (QED) is 0.676. The van der Waals surface area contributed by atoms with Crippen LogP contribution in [0.2, 0.25) is 0 Å². The van der Waals surface area contributed by atoms with E-state index in [1.54, 1.807) is 18.1 Å². The Labute approximate surface area is 164 Å². The van der Waals surface area contributed by atoms with Crippen LogP contribution in [-0.2, 0) is 17.6 Å². The molecule has 0 aromatic carbocycles. The molecule has 7 heteroatoms. The molecule has 0 saturated heterocycles. The summed E-state index contributed by atoms with van der Waals surface area (Å²) in [6, 6.07) is 1.89. The molecule has 0 saturated carbocycles. The van der Waals surface area contributed by atoms with Gasteiger partial charge in [0.15, 0.2) is 11.5 Å². The predicted octanol–water partition coefficient (Wildman–Crippen LogP) is 3.79. The van der Waals surface area contributed by atoms with Gasteiger partial charge < -0.3 is 9.88 Å².